The zero-order chi connectivity index (χ0) is 0. The summed E-state index contributed by atoms with van der Waals surface area (Å²) in [6.07, 6.45) is 0. The predicted octanol–water partition coefficient (Wildman–Crippen LogP) is -9.01. The third-order valence-corrected chi connectivity index (χ3v) is 0. The first kappa shape index (κ1) is 92.9. The normalized spacial score (nSPS) is 0. The third-order valence-electron chi connectivity index (χ3n) is 0. The molecule has 0 saturated carbocycles. The van der Waals surface area contributed by atoms with Crippen molar-refractivity contribution in [3.63, 3.8) is 0 Å². The molecule has 0 aliphatic rings. The quantitative estimate of drug-likeness (QED) is 0.212. The van der Waals surface area contributed by atoms with Gasteiger partial charge in [0.2, 0.25) is 0 Å². The maximum absolute atomic E-state index is 0. The Bertz CT molecular complexity index is 16.9. The van der Waals surface area contributed by atoms with E-state index in [0.717, 1.165) is 0 Å². The fraction of sp³-hybridized carbons (Fsp3) is 0. The van der Waals surface area contributed by atoms with Gasteiger partial charge in [-0.05, 0) is 0 Å². The molecule has 0 aromatic heterocycles. The Labute approximate surface area is 248 Å². The van der Waals surface area contributed by atoms with Crippen LogP contribution in [0.1, 0.15) is 0 Å². The molecular formula is H18Bi5Sb3Se3. The molecule has 0 N–H and O–H groups in total. The molecule has 0 aromatic carbocycles. The minimum Gasteiger partial charge on any atom is -2.00 e. The van der Waals surface area contributed by atoms with Crippen molar-refractivity contribution in [3.8, 4) is 0 Å². The summed E-state index contributed by atoms with van der Waals surface area (Å²) in [6.45, 7) is 0. The predicted molar refractivity (Wildman–Crippen MR) is 88.4 cm³/mol. The van der Waals surface area contributed by atoms with Crippen LogP contribution in [0.15, 0.2) is 0 Å². The number of hydrogen-bond acceptors (Lipinski definition) is 0. The Balaban J connectivity index is 0. The molecule has 0 amide bonds. The van der Waals surface area contributed by atoms with Crippen molar-refractivity contribution >= 4 is 256 Å². The Kier molecular flexibility index (Phi) is 665. The summed E-state index contributed by atoms with van der Waals surface area (Å²) in [6, 6.07) is 0. The molecule has 11 heteroatoms. The Morgan fingerprint density at radius 2 is 0.273 bits per heavy atom. The monoisotopic (exact) mass is 1670 g/mol. The first-order valence-electron chi connectivity index (χ1n) is 0. The van der Waals surface area contributed by atoms with E-state index in [-0.39, 0.29) is 256 Å². The first-order valence-corrected chi connectivity index (χ1v) is 0. The van der Waals surface area contributed by atoms with Crippen molar-refractivity contribution in [2.75, 3.05) is 0 Å². The molecule has 0 atom stereocenters. The van der Waals surface area contributed by atoms with E-state index in [9.17, 15) is 0 Å². The summed E-state index contributed by atoms with van der Waals surface area (Å²) in [4.78, 5) is 0. The van der Waals surface area contributed by atoms with Gasteiger partial charge in [0.05, 0.1) is 0 Å². The summed E-state index contributed by atoms with van der Waals surface area (Å²) in [5, 5.41) is 0. The van der Waals surface area contributed by atoms with Gasteiger partial charge in [-0.1, -0.05) is 0 Å². The molecule has 0 spiro atoms. The van der Waals surface area contributed by atoms with Crippen molar-refractivity contribution in [3.05, 3.63) is 0 Å². The second kappa shape index (κ2) is 78.8. The maximum atomic E-state index is 0. The second-order valence-electron chi connectivity index (χ2n) is 0. The summed E-state index contributed by atoms with van der Waals surface area (Å²) in [7, 11) is 0. The van der Waals surface area contributed by atoms with Crippen LogP contribution in [0.5, 0.6) is 0 Å². The SMILES string of the molecule is [Bi+3].[Bi+3].[Bi+3].[Bi+3].[Bi+3].[SbH6-3].[SbH6-3].[SbH6-3].[Se-2].[Se-2].[Se-2]. The fourth-order valence-corrected chi connectivity index (χ4v) is 0. The molecule has 0 rings (SSSR count). The van der Waals surface area contributed by atoms with Crippen molar-refractivity contribution in [2.45, 2.75) is 0 Å². The Hall–Kier alpha value is 8.43. The van der Waals surface area contributed by atoms with E-state index in [4.69, 9.17) is 0 Å². The van der Waals surface area contributed by atoms with Gasteiger partial charge in [-0.3, -0.25) is 0 Å². The van der Waals surface area contributed by atoms with Gasteiger partial charge in [0.1, 0.15) is 0 Å². The van der Waals surface area contributed by atoms with Gasteiger partial charge in [0.25, 0.3) is 0 Å². The molecule has 0 aliphatic heterocycles. The Morgan fingerprint density at radius 1 is 0.273 bits per heavy atom. The minimum atomic E-state index is 0. The fourth-order valence-electron chi connectivity index (χ4n) is 0. The van der Waals surface area contributed by atoms with Gasteiger partial charge in [0.15, 0.2) is 0 Å². The van der Waals surface area contributed by atoms with Crippen LogP contribution in [0.25, 0.3) is 0 Å². The van der Waals surface area contributed by atoms with Crippen LogP contribution in [-0.2, 0) is 0 Å². The molecule has 0 bridgehead atoms. The first-order chi connectivity index (χ1) is 0. The zero-order valence-electron chi connectivity index (χ0n) is 3.46. The van der Waals surface area contributed by atoms with Crippen LogP contribution in [-0.4, -0.2) is 256 Å². The van der Waals surface area contributed by atoms with Gasteiger partial charge in [0, 0.05) is 0 Å². The van der Waals surface area contributed by atoms with E-state index in [0.29, 0.717) is 0 Å². The largest absolute Gasteiger partial charge is 2.00 e. The van der Waals surface area contributed by atoms with Crippen LogP contribution < -0.4 is 0 Å². The summed E-state index contributed by atoms with van der Waals surface area (Å²) >= 11 is 0. The van der Waals surface area contributed by atoms with E-state index in [1.807, 2.05) is 0 Å². The maximum Gasteiger partial charge on any atom is -2.00 e. The molecule has 0 nitrogen and oxygen atoms in total. The van der Waals surface area contributed by atoms with Crippen LogP contribution in [0.2, 0.25) is 0 Å². The standard InChI is InChI=1S/5Bi.3Sb.3Se.18H/q5*+3;3*-3;3*-2;;;;;;;;;;;;;;;;;;. The molecule has 0 fully saturated rings. The van der Waals surface area contributed by atoms with Crippen molar-refractivity contribution in [1.29, 1.82) is 0 Å². The van der Waals surface area contributed by atoms with Gasteiger partial charge >= 0.3 is 204 Å². The molecule has 0 aromatic rings. The van der Waals surface area contributed by atoms with E-state index >= 15 is 0 Å². The summed E-state index contributed by atoms with van der Waals surface area (Å²) < 4.78 is 0. The molecule has 10 radical (unpaired) electrons. The number of hydrogen-bond donors (Lipinski definition) is 0. The topological polar surface area (TPSA) is 0 Å². The van der Waals surface area contributed by atoms with Gasteiger partial charge < -0.3 is 51.2 Å². The molecule has 76 valence electrons. The average Bonchev–Trinajstić information content (AvgIpc) is 0. The average molecular weight is 1670 g/mol. The van der Waals surface area contributed by atoms with E-state index in [1.54, 1.807) is 0 Å². The van der Waals surface area contributed by atoms with E-state index < -0.39 is 0 Å². The van der Waals surface area contributed by atoms with Gasteiger partial charge in [-0.25, -0.2) is 0 Å². The minimum absolute atomic E-state index is 0. The van der Waals surface area contributed by atoms with Crippen molar-refractivity contribution in [1.82, 2.24) is 0 Å². The van der Waals surface area contributed by atoms with Crippen LogP contribution in [0.4, 0.5) is 0 Å². The molecule has 0 aliphatic carbocycles. The molecule has 0 unspecified atom stereocenters. The second-order valence-corrected chi connectivity index (χ2v) is 0. The van der Waals surface area contributed by atoms with Crippen LogP contribution >= 0.6 is 0 Å². The van der Waals surface area contributed by atoms with E-state index in [1.165, 1.54) is 0 Å². The van der Waals surface area contributed by atoms with Crippen LogP contribution in [0, 0.1) is 0 Å². The van der Waals surface area contributed by atoms with Gasteiger partial charge in [-0.2, -0.15) is 0 Å². The third kappa shape index (κ3) is 70.0. The summed E-state index contributed by atoms with van der Waals surface area (Å²) in [5.74, 6) is 0. The van der Waals surface area contributed by atoms with Crippen molar-refractivity contribution < 1.29 is 0 Å². The summed E-state index contributed by atoms with van der Waals surface area (Å²) in [5.41, 5.74) is 0. The molecule has 0 heterocycles. The van der Waals surface area contributed by atoms with Crippen LogP contribution in [0.3, 0.4) is 0 Å². The Morgan fingerprint density at radius 3 is 0.273 bits per heavy atom. The number of rotatable bonds is 0. The van der Waals surface area contributed by atoms with Gasteiger partial charge in [-0.15, -0.1) is 0 Å². The smallest absolute Gasteiger partial charge is 2.00 e. The molecule has 0 saturated heterocycles. The molecule has 11 heavy (non-hydrogen) atoms. The zero-order valence-corrected chi connectivity index (χ0v) is 26.0. The van der Waals surface area contributed by atoms with Crippen molar-refractivity contribution in [2.24, 2.45) is 0 Å². The molecular weight excluding hydrogens is 1650 g/mol. The van der Waals surface area contributed by atoms with E-state index in [2.05, 4.69) is 0 Å².